The molecule has 18 heavy (non-hydrogen) atoms. The van der Waals surface area contributed by atoms with E-state index in [2.05, 4.69) is 27.0 Å². The molecule has 0 amide bonds. The van der Waals surface area contributed by atoms with Crippen molar-refractivity contribution in [1.82, 2.24) is 15.2 Å². The average Bonchev–Trinajstić information content (AvgIpc) is 2.41. The van der Waals surface area contributed by atoms with E-state index in [1.54, 1.807) is 6.20 Å². The van der Waals surface area contributed by atoms with Crippen molar-refractivity contribution in [2.75, 3.05) is 11.4 Å². The van der Waals surface area contributed by atoms with Crippen LogP contribution in [0.15, 0.2) is 18.5 Å². The molecule has 0 N–H and O–H groups in total. The van der Waals surface area contributed by atoms with E-state index in [4.69, 9.17) is 11.6 Å². The summed E-state index contributed by atoms with van der Waals surface area (Å²) in [5.41, 5.74) is 0. The van der Waals surface area contributed by atoms with Gasteiger partial charge in [-0.15, -0.1) is 10.2 Å². The molecule has 0 radical (unpaired) electrons. The van der Waals surface area contributed by atoms with Gasteiger partial charge in [-0.1, -0.05) is 11.6 Å². The Bertz CT molecular complexity index is 572. The van der Waals surface area contributed by atoms with Gasteiger partial charge in [0.1, 0.15) is 0 Å². The summed E-state index contributed by atoms with van der Waals surface area (Å²) >= 11 is 6.08. The van der Waals surface area contributed by atoms with E-state index in [0.717, 1.165) is 23.1 Å². The first kappa shape index (κ1) is 11.7. The quantitative estimate of drug-likeness (QED) is 0.792. The van der Waals surface area contributed by atoms with Gasteiger partial charge in [-0.05, 0) is 32.3 Å². The SMILES string of the molecule is C[C@@H]1CCCCN1c1nnc(Cl)c2ccncc12. The summed E-state index contributed by atoms with van der Waals surface area (Å²) in [7, 11) is 0. The van der Waals surface area contributed by atoms with E-state index < -0.39 is 0 Å². The predicted octanol–water partition coefficient (Wildman–Crippen LogP) is 3.06. The summed E-state index contributed by atoms with van der Waals surface area (Å²) in [4.78, 5) is 6.50. The normalized spacial score (nSPS) is 20.3. The number of pyridine rings is 1. The molecule has 1 aliphatic rings. The van der Waals surface area contributed by atoms with Crippen LogP contribution in [0.1, 0.15) is 26.2 Å². The Morgan fingerprint density at radius 1 is 1.28 bits per heavy atom. The van der Waals surface area contributed by atoms with E-state index in [9.17, 15) is 0 Å². The number of halogens is 1. The van der Waals surface area contributed by atoms with Crippen LogP contribution in [-0.2, 0) is 0 Å². The number of fused-ring (bicyclic) bond motifs is 1. The Kier molecular flexibility index (Phi) is 3.04. The summed E-state index contributed by atoms with van der Waals surface area (Å²) in [6.07, 6.45) is 7.25. The highest BCUT2D eigenvalue weighted by atomic mass is 35.5. The van der Waals surface area contributed by atoms with Crippen molar-refractivity contribution in [2.24, 2.45) is 0 Å². The van der Waals surface area contributed by atoms with Gasteiger partial charge < -0.3 is 4.90 Å². The molecule has 5 heteroatoms. The van der Waals surface area contributed by atoms with Crippen LogP contribution in [0.25, 0.3) is 10.8 Å². The zero-order valence-corrected chi connectivity index (χ0v) is 11.1. The van der Waals surface area contributed by atoms with Gasteiger partial charge in [-0.25, -0.2) is 0 Å². The molecule has 0 spiro atoms. The molecule has 1 saturated heterocycles. The lowest BCUT2D eigenvalue weighted by Crippen LogP contribution is -2.38. The Balaban J connectivity index is 2.14. The Morgan fingerprint density at radius 3 is 3.00 bits per heavy atom. The standard InChI is InChI=1S/C13H15ClN4/c1-9-4-2-3-7-18(9)13-11-8-15-6-5-10(11)12(14)16-17-13/h5-6,8-9H,2-4,7H2,1H3/t9-/m1/s1. The molecule has 1 aliphatic heterocycles. The third-order valence-corrected chi connectivity index (χ3v) is 3.87. The Hall–Kier alpha value is -1.42. The summed E-state index contributed by atoms with van der Waals surface area (Å²) < 4.78 is 0. The summed E-state index contributed by atoms with van der Waals surface area (Å²) in [6, 6.07) is 2.39. The van der Waals surface area contributed by atoms with Crippen LogP contribution in [-0.4, -0.2) is 27.8 Å². The molecule has 1 fully saturated rings. The molecule has 94 valence electrons. The van der Waals surface area contributed by atoms with Gasteiger partial charge in [0.2, 0.25) is 0 Å². The Morgan fingerprint density at radius 2 is 2.17 bits per heavy atom. The third-order valence-electron chi connectivity index (χ3n) is 3.59. The number of anilines is 1. The second kappa shape index (κ2) is 4.69. The molecular weight excluding hydrogens is 248 g/mol. The molecule has 0 aromatic carbocycles. The van der Waals surface area contributed by atoms with E-state index >= 15 is 0 Å². The van der Waals surface area contributed by atoms with Crippen molar-refractivity contribution in [3.8, 4) is 0 Å². The maximum absolute atomic E-state index is 6.08. The van der Waals surface area contributed by atoms with Crippen LogP contribution in [0.5, 0.6) is 0 Å². The highest BCUT2D eigenvalue weighted by Gasteiger charge is 2.22. The van der Waals surface area contributed by atoms with Crippen molar-refractivity contribution < 1.29 is 0 Å². The average molecular weight is 263 g/mol. The number of piperidine rings is 1. The fraction of sp³-hybridized carbons (Fsp3) is 0.462. The van der Waals surface area contributed by atoms with Crippen molar-refractivity contribution in [2.45, 2.75) is 32.2 Å². The van der Waals surface area contributed by atoms with Crippen molar-refractivity contribution >= 4 is 28.2 Å². The van der Waals surface area contributed by atoms with Gasteiger partial charge in [0.25, 0.3) is 0 Å². The lowest BCUT2D eigenvalue weighted by molar-refractivity contribution is 0.481. The Labute approximate surface area is 111 Å². The van der Waals surface area contributed by atoms with E-state index in [0.29, 0.717) is 11.2 Å². The summed E-state index contributed by atoms with van der Waals surface area (Å²) in [5.74, 6) is 0.912. The smallest absolute Gasteiger partial charge is 0.161 e. The molecule has 0 unspecified atom stereocenters. The number of rotatable bonds is 1. The molecule has 0 saturated carbocycles. The lowest BCUT2D eigenvalue weighted by atomic mass is 10.0. The first-order chi connectivity index (χ1) is 8.77. The number of aromatic nitrogens is 3. The molecule has 3 rings (SSSR count). The summed E-state index contributed by atoms with van der Waals surface area (Å²) in [6.45, 7) is 3.26. The summed E-state index contributed by atoms with van der Waals surface area (Å²) in [5, 5.41) is 10.7. The van der Waals surface area contributed by atoms with Gasteiger partial charge in [-0.3, -0.25) is 4.98 Å². The number of hydrogen-bond donors (Lipinski definition) is 0. The van der Waals surface area contributed by atoms with Crippen molar-refractivity contribution in [1.29, 1.82) is 0 Å². The molecule has 1 atom stereocenters. The van der Waals surface area contributed by atoms with Gasteiger partial charge in [-0.2, -0.15) is 0 Å². The monoisotopic (exact) mass is 262 g/mol. The van der Waals surface area contributed by atoms with E-state index in [1.165, 1.54) is 19.3 Å². The van der Waals surface area contributed by atoms with Crippen LogP contribution < -0.4 is 4.90 Å². The van der Waals surface area contributed by atoms with Crippen LogP contribution in [0.2, 0.25) is 5.15 Å². The molecule has 0 bridgehead atoms. The molecule has 3 heterocycles. The highest BCUT2D eigenvalue weighted by Crippen LogP contribution is 2.31. The fourth-order valence-electron chi connectivity index (χ4n) is 2.58. The van der Waals surface area contributed by atoms with Crippen LogP contribution in [0, 0.1) is 0 Å². The highest BCUT2D eigenvalue weighted by molar-refractivity contribution is 6.34. The second-order valence-electron chi connectivity index (χ2n) is 4.77. The minimum Gasteiger partial charge on any atom is -0.352 e. The zero-order valence-electron chi connectivity index (χ0n) is 10.3. The lowest BCUT2D eigenvalue weighted by Gasteiger charge is -2.34. The zero-order chi connectivity index (χ0) is 12.5. The van der Waals surface area contributed by atoms with Gasteiger partial charge in [0.15, 0.2) is 11.0 Å². The number of hydrogen-bond acceptors (Lipinski definition) is 4. The van der Waals surface area contributed by atoms with Gasteiger partial charge in [0, 0.05) is 35.8 Å². The molecule has 2 aromatic rings. The predicted molar refractivity (Wildman–Crippen MR) is 73.0 cm³/mol. The second-order valence-corrected chi connectivity index (χ2v) is 5.13. The minimum absolute atomic E-state index is 0.445. The van der Waals surface area contributed by atoms with Crippen molar-refractivity contribution in [3.63, 3.8) is 0 Å². The van der Waals surface area contributed by atoms with Gasteiger partial charge >= 0.3 is 0 Å². The van der Waals surface area contributed by atoms with Gasteiger partial charge in [0.05, 0.1) is 0 Å². The molecule has 4 nitrogen and oxygen atoms in total. The largest absolute Gasteiger partial charge is 0.352 e. The topological polar surface area (TPSA) is 41.9 Å². The maximum atomic E-state index is 6.08. The third kappa shape index (κ3) is 1.90. The van der Waals surface area contributed by atoms with Crippen LogP contribution in [0.4, 0.5) is 5.82 Å². The van der Waals surface area contributed by atoms with Crippen LogP contribution >= 0.6 is 11.6 Å². The maximum Gasteiger partial charge on any atom is 0.161 e. The first-order valence-corrected chi connectivity index (χ1v) is 6.67. The van der Waals surface area contributed by atoms with E-state index in [1.807, 2.05) is 12.3 Å². The fourth-order valence-corrected chi connectivity index (χ4v) is 2.78. The molecule has 2 aromatic heterocycles. The van der Waals surface area contributed by atoms with Crippen molar-refractivity contribution in [3.05, 3.63) is 23.6 Å². The molecule has 0 aliphatic carbocycles. The molecular formula is C13H15ClN4. The number of nitrogens with zero attached hydrogens (tertiary/aromatic N) is 4. The van der Waals surface area contributed by atoms with E-state index in [-0.39, 0.29) is 0 Å². The first-order valence-electron chi connectivity index (χ1n) is 6.30. The minimum atomic E-state index is 0.445. The van der Waals surface area contributed by atoms with Crippen LogP contribution in [0.3, 0.4) is 0 Å².